The number of para-hydroxylation sites is 1. The molecule has 5 nitrogen and oxygen atoms in total. The van der Waals surface area contributed by atoms with Crippen molar-refractivity contribution in [2.75, 3.05) is 0 Å². The summed E-state index contributed by atoms with van der Waals surface area (Å²) in [6, 6.07) is 38.4. The van der Waals surface area contributed by atoms with Crippen molar-refractivity contribution in [3.05, 3.63) is 164 Å². The quantitative estimate of drug-likeness (QED) is 0.186. The average Bonchev–Trinajstić information content (AvgIpc) is 3.83. The molecule has 3 aromatic heterocycles. The molecule has 5 heteroatoms. The topological polar surface area (TPSA) is 65.0 Å². The third-order valence-electron chi connectivity index (χ3n) is 8.79. The Morgan fingerprint density at radius 1 is 0.380 bits per heavy atom. The van der Waals surface area contributed by atoms with Gasteiger partial charge in [-0.3, -0.25) is 0 Å². The molecule has 0 aliphatic carbocycles. The predicted molar refractivity (Wildman–Crippen MR) is 202 cm³/mol. The van der Waals surface area contributed by atoms with E-state index in [1.54, 1.807) is 24.3 Å². The van der Waals surface area contributed by atoms with E-state index < -0.39 is 0 Å². The minimum Gasteiger partial charge on any atom is -0.456 e. The SMILES string of the molecule is [2H]c1c(-c2ccccc2)c([2H])c2c(oc3c([2H])c(-c4nc(-c5ccccc5)nc(-c5cc(-c6ccccc6)c6c(c5)oc5ccccc56)n4)c([2H])c([2H])c32)c1[2H]. The molecule has 0 atom stereocenters. The van der Waals surface area contributed by atoms with Gasteiger partial charge in [-0.05, 0) is 64.6 Å². The summed E-state index contributed by atoms with van der Waals surface area (Å²) in [5.41, 5.74) is 5.04. The maximum atomic E-state index is 9.44. The average molecular weight is 648 g/mol. The van der Waals surface area contributed by atoms with Gasteiger partial charge in [0.05, 0.1) is 8.22 Å². The molecule has 0 radical (unpaired) electrons. The van der Waals surface area contributed by atoms with Crippen molar-refractivity contribution < 1.29 is 17.1 Å². The van der Waals surface area contributed by atoms with Crippen LogP contribution in [0.25, 0.3) is 100 Å². The number of hydrogen-bond acceptors (Lipinski definition) is 5. The van der Waals surface area contributed by atoms with Crippen LogP contribution in [0.1, 0.15) is 8.22 Å². The van der Waals surface area contributed by atoms with Crippen molar-refractivity contribution in [1.82, 2.24) is 15.0 Å². The van der Waals surface area contributed by atoms with Crippen molar-refractivity contribution in [3.63, 3.8) is 0 Å². The van der Waals surface area contributed by atoms with Crippen molar-refractivity contribution >= 4 is 43.9 Å². The van der Waals surface area contributed by atoms with Crippen molar-refractivity contribution in [1.29, 1.82) is 0 Å². The van der Waals surface area contributed by atoms with Gasteiger partial charge >= 0.3 is 0 Å². The summed E-state index contributed by atoms with van der Waals surface area (Å²) in [7, 11) is 0. The third kappa shape index (κ3) is 4.75. The monoisotopic (exact) mass is 647 g/mol. The van der Waals surface area contributed by atoms with Crippen LogP contribution in [-0.4, -0.2) is 15.0 Å². The van der Waals surface area contributed by atoms with Gasteiger partial charge < -0.3 is 8.83 Å². The molecule has 50 heavy (non-hydrogen) atoms. The minimum absolute atomic E-state index is 0.0194. The molecule has 10 aromatic rings. The van der Waals surface area contributed by atoms with Gasteiger partial charge in [-0.15, -0.1) is 0 Å². The number of benzene rings is 7. The van der Waals surface area contributed by atoms with Gasteiger partial charge in [0.1, 0.15) is 22.3 Å². The van der Waals surface area contributed by atoms with Crippen molar-refractivity contribution in [3.8, 4) is 56.4 Å². The maximum Gasteiger partial charge on any atom is 0.164 e. The molecule has 0 saturated carbocycles. The Morgan fingerprint density at radius 2 is 0.980 bits per heavy atom. The van der Waals surface area contributed by atoms with E-state index in [1.165, 1.54) is 0 Å². The Kier molecular flexibility index (Phi) is 5.17. The van der Waals surface area contributed by atoms with E-state index in [-0.39, 0.29) is 81.0 Å². The first-order chi connectivity index (χ1) is 27.3. The first-order valence-electron chi connectivity index (χ1n) is 19.1. The van der Waals surface area contributed by atoms with Crippen LogP contribution in [0.15, 0.2) is 172 Å². The highest BCUT2D eigenvalue weighted by atomic mass is 16.3. The van der Waals surface area contributed by atoms with Crippen LogP contribution < -0.4 is 0 Å². The second kappa shape index (κ2) is 11.4. The first-order valence-corrected chi connectivity index (χ1v) is 16.1. The fourth-order valence-corrected chi connectivity index (χ4v) is 6.41. The van der Waals surface area contributed by atoms with Crippen LogP contribution in [0, 0.1) is 0 Å². The summed E-state index contributed by atoms with van der Waals surface area (Å²) in [6.07, 6.45) is 0. The Labute approximate surface area is 295 Å². The number of nitrogens with zero attached hydrogens (tertiary/aromatic N) is 3. The zero-order valence-electron chi connectivity index (χ0n) is 32.3. The zero-order chi connectivity index (χ0) is 38.2. The van der Waals surface area contributed by atoms with Crippen LogP contribution in [-0.2, 0) is 0 Å². The van der Waals surface area contributed by atoms with Crippen LogP contribution in [0.4, 0.5) is 0 Å². The first kappa shape index (κ1) is 22.7. The van der Waals surface area contributed by atoms with Crippen molar-refractivity contribution in [2.45, 2.75) is 0 Å². The molecule has 3 heterocycles. The smallest absolute Gasteiger partial charge is 0.164 e. The number of aromatic nitrogens is 3. The molecule has 0 amide bonds. The van der Waals surface area contributed by atoms with Crippen LogP contribution in [0.3, 0.4) is 0 Å². The van der Waals surface area contributed by atoms with Crippen LogP contribution >= 0.6 is 0 Å². The van der Waals surface area contributed by atoms with E-state index in [1.807, 2.05) is 103 Å². The van der Waals surface area contributed by atoms with Gasteiger partial charge in [0.25, 0.3) is 0 Å². The van der Waals surface area contributed by atoms with Crippen LogP contribution in [0.2, 0.25) is 0 Å². The Hall–Kier alpha value is -6.85. The fraction of sp³-hybridized carbons (Fsp3) is 0. The standard InChI is InChI=1S/C45H27N3O2/c1-4-12-28(13-5-1)31-21-23-39-37(24-31)34-22-20-32(26-40(34)49-39)44-46-43(30-16-8-3-9-17-30)47-45(48-44)33-25-36(29-14-6-2-7-15-29)42-35-18-10-11-19-38(35)50-41(42)27-33/h1-27H/i20D,21D,22D,23D,24D,26D. The maximum absolute atomic E-state index is 9.44. The molecular formula is C45H27N3O2. The lowest BCUT2D eigenvalue weighted by Crippen LogP contribution is -2.00. The van der Waals surface area contributed by atoms with E-state index in [0.717, 1.165) is 27.5 Å². The van der Waals surface area contributed by atoms with Crippen LogP contribution in [0.5, 0.6) is 0 Å². The van der Waals surface area contributed by atoms with E-state index in [9.17, 15) is 5.48 Å². The highest BCUT2D eigenvalue weighted by molar-refractivity contribution is 6.13. The van der Waals surface area contributed by atoms with Gasteiger partial charge in [0.2, 0.25) is 0 Å². The molecule has 0 aliphatic rings. The minimum atomic E-state index is -0.346. The second-order valence-electron chi connectivity index (χ2n) is 11.9. The summed E-state index contributed by atoms with van der Waals surface area (Å²) in [4.78, 5) is 14.6. The van der Waals surface area contributed by atoms with E-state index in [2.05, 4.69) is 0 Å². The molecule has 10 rings (SSSR count). The molecule has 0 fully saturated rings. The summed E-state index contributed by atoms with van der Waals surface area (Å²) < 4.78 is 67.4. The van der Waals surface area contributed by atoms with Gasteiger partial charge in [-0.2, -0.15) is 0 Å². The Morgan fingerprint density at radius 3 is 1.74 bits per heavy atom. The second-order valence-corrected chi connectivity index (χ2v) is 11.9. The third-order valence-corrected chi connectivity index (χ3v) is 8.79. The molecule has 0 bridgehead atoms. The number of hydrogen-bond donors (Lipinski definition) is 0. The molecule has 234 valence electrons. The summed E-state index contributed by atoms with van der Waals surface area (Å²) in [5.74, 6) is 0.533. The molecule has 0 N–H and O–H groups in total. The molecule has 0 saturated heterocycles. The zero-order valence-corrected chi connectivity index (χ0v) is 26.3. The fourth-order valence-electron chi connectivity index (χ4n) is 6.41. The molecule has 0 spiro atoms. The summed E-state index contributed by atoms with van der Waals surface area (Å²) in [6.45, 7) is 0. The van der Waals surface area contributed by atoms with Gasteiger partial charge in [-0.1, -0.05) is 121 Å². The van der Waals surface area contributed by atoms with E-state index >= 15 is 0 Å². The Bertz CT molecular complexity index is 3200. The normalized spacial score (nSPS) is 13.3. The number of rotatable bonds is 5. The molecular weight excluding hydrogens is 615 g/mol. The van der Waals surface area contributed by atoms with Gasteiger partial charge in [-0.25, -0.2) is 15.0 Å². The van der Waals surface area contributed by atoms with Gasteiger partial charge in [0, 0.05) is 38.2 Å². The summed E-state index contributed by atoms with van der Waals surface area (Å²) >= 11 is 0. The number of fused-ring (bicyclic) bond motifs is 6. The molecule has 0 unspecified atom stereocenters. The number of furan rings is 2. The lowest BCUT2D eigenvalue weighted by atomic mass is 9.97. The summed E-state index contributed by atoms with van der Waals surface area (Å²) in [5, 5.41) is 2.06. The lowest BCUT2D eigenvalue weighted by Gasteiger charge is -2.11. The van der Waals surface area contributed by atoms with E-state index in [4.69, 9.17) is 26.5 Å². The molecule has 7 aromatic carbocycles. The molecule has 0 aliphatic heterocycles. The largest absolute Gasteiger partial charge is 0.456 e. The lowest BCUT2D eigenvalue weighted by molar-refractivity contribution is 0.669. The van der Waals surface area contributed by atoms with Crippen molar-refractivity contribution in [2.24, 2.45) is 0 Å². The van der Waals surface area contributed by atoms with Gasteiger partial charge in [0.15, 0.2) is 17.5 Å². The highest BCUT2D eigenvalue weighted by Crippen LogP contribution is 2.40. The predicted octanol–water partition coefficient (Wildman–Crippen LogP) is 12.0. The Balaban J connectivity index is 1.25. The highest BCUT2D eigenvalue weighted by Gasteiger charge is 2.19. The van der Waals surface area contributed by atoms with E-state index in [0.29, 0.717) is 28.1 Å².